The van der Waals surface area contributed by atoms with Gasteiger partial charge in [-0.3, -0.25) is 14.5 Å². The van der Waals surface area contributed by atoms with Gasteiger partial charge < -0.3 is 24.0 Å². The number of carbonyl (C=O) groups excluding carboxylic acids is 2. The highest BCUT2D eigenvalue weighted by Crippen LogP contribution is 2.48. The smallest absolute Gasteiger partial charge is 0.254 e. The van der Waals surface area contributed by atoms with Gasteiger partial charge in [0.25, 0.3) is 5.91 Å². The van der Waals surface area contributed by atoms with Gasteiger partial charge in [0.15, 0.2) is 11.5 Å². The summed E-state index contributed by atoms with van der Waals surface area (Å²) in [5, 5.41) is 0. The van der Waals surface area contributed by atoms with Crippen molar-refractivity contribution in [3.05, 3.63) is 53.1 Å². The molecule has 0 bridgehead atoms. The van der Waals surface area contributed by atoms with Crippen LogP contribution in [-0.4, -0.2) is 86.6 Å². The molecule has 39 heavy (non-hydrogen) atoms. The molecule has 0 N–H and O–H groups in total. The standard InChI is InChI=1S/C31H41N3O5/c1-5-14-34-28(21-19-25(37-2)29(39-4)26(20-21)38-3)27(23-12-8-9-13-24(23)30(34)35)31(36)33-17-15-32(16-18-33)22-10-6-7-11-22/h8-9,12-13,19-20,22,27-28H,5-7,10-11,14-18H2,1-4H3/t27-,28+/m1/s1. The summed E-state index contributed by atoms with van der Waals surface area (Å²) >= 11 is 0. The van der Waals surface area contributed by atoms with E-state index >= 15 is 0 Å². The van der Waals surface area contributed by atoms with Crippen molar-refractivity contribution in [1.82, 2.24) is 14.7 Å². The molecule has 2 aromatic carbocycles. The molecule has 0 aromatic heterocycles. The monoisotopic (exact) mass is 535 g/mol. The van der Waals surface area contributed by atoms with Crippen molar-refractivity contribution in [2.24, 2.45) is 0 Å². The lowest BCUT2D eigenvalue weighted by atomic mass is 9.78. The highest BCUT2D eigenvalue weighted by molar-refractivity contribution is 6.01. The van der Waals surface area contributed by atoms with Crippen LogP contribution in [0.1, 0.15) is 72.5 Å². The summed E-state index contributed by atoms with van der Waals surface area (Å²) in [6.07, 6.45) is 5.92. The number of amides is 2. The second-order valence-corrected chi connectivity index (χ2v) is 10.8. The maximum atomic E-state index is 14.5. The number of fused-ring (bicyclic) bond motifs is 1. The number of carbonyl (C=O) groups is 2. The van der Waals surface area contributed by atoms with Crippen molar-refractivity contribution < 1.29 is 23.8 Å². The fourth-order valence-electron chi connectivity index (χ4n) is 6.76. The Morgan fingerprint density at radius 1 is 0.923 bits per heavy atom. The number of hydrogen-bond donors (Lipinski definition) is 0. The normalized spacial score (nSPS) is 22.1. The first kappa shape index (κ1) is 27.3. The number of hydrogen-bond acceptors (Lipinski definition) is 6. The molecule has 3 aliphatic rings. The molecule has 1 aliphatic carbocycles. The summed E-state index contributed by atoms with van der Waals surface area (Å²) in [5.74, 6) is 0.977. The van der Waals surface area contributed by atoms with E-state index in [4.69, 9.17) is 14.2 Å². The van der Waals surface area contributed by atoms with Gasteiger partial charge in [-0.15, -0.1) is 0 Å². The Balaban J connectivity index is 1.56. The van der Waals surface area contributed by atoms with E-state index in [-0.39, 0.29) is 11.8 Å². The Hall–Kier alpha value is -3.26. The van der Waals surface area contributed by atoms with Gasteiger partial charge >= 0.3 is 0 Å². The summed E-state index contributed by atoms with van der Waals surface area (Å²) in [6.45, 7) is 5.80. The van der Waals surface area contributed by atoms with Crippen LogP contribution in [0.4, 0.5) is 0 Å². The second-order valence-electron chi connectivity index (χ2n) is 10.8. The first-order chi connectivity index (χ1) is 19.0. The average Bonchev–Trinajstić information content (AvgIpc) is 3.52. The highest BCUT2D eigenvalue weighted by Gasteiger charge is 2.46. The van der Waals surface area contributed by atoms with Crippen molar-refractivity contribution in [1.29, 1.82) is 0 Å². The average molecular weight is 536 g/mol. The van der Waals surface area contributed by atoms with Gasteiger partial charge in [0.05, 0.1) is 33.3 Å². The van der Waals surface area contributed by atoms with Crippen molar-refractivity contribution in [3.63, 3.8) is 0 Å². The Kier molecular flexibility index (Phi) is 8.31. The van der Waals surface area contributed by atoms with Crippen LogP contribution < -0.4 is 14.2 Å². The first-order valence-electron chi connectivity index (χ1n) is 14.2. The minimum Gasteiger partial charge on any atom is -0.493 e. The molecule has 5 rings (SSSR count). The van der Waals surface area contributed by atoms with E-state index in [2.05, 4.69) is 11.8 Å². The Labute approximate surface area is 231 Å². The van der Waals surface area contributed by atoms with E-state index in [0.717, 1.165) is 30.6 Å². The molecule has 2 aromatic rings. The van der Waals surface area contributed by atoms with E-state index < -0.39 is 12.0 Å². The molecular weight excluding hydrogens is 494 g/mol. The van der Waals surface area contributed by atoms with Gasteiger partial charge in [0.1, 0.15) is 0 Å². The third kappa shape index (κ3) is 5.07. The third-order valence-electron chi connectivity index (χ3n) is 8.66. The summed E-state index contributed by atoms with van der Waals surface area (Å²) in [6, 6.07) is 11.5. The number of methoxy groups -OCH3 is 3. The number of benzene rings is 2. The van der Waals surface area contributed by atoms with Crippen LogP contribution in [0.15, 0.2) is 36.4 Å². The van der Waals surface area contributed by atoms with E-state index in [1.165, 1.54) is 25.7 Å². The molecule has 2 aliphatic heterocycles. The number of ether oxygens (including phenoxy) is 3. The van der Waals surface area contributed by atoms with Crippen LogP contribution >= 0.6 is 0 Å². The molecular formula is C31H41N3O5. The Morgan fingerprint density at radius 2 is 1.56 bits per heavy atom. The molecule has 2 heterocycles. The van der Waals surface area contributed by atoms with Crippen LogP contribution in [0.2, 0.25) is 0 Å². The first-order valence-corrected chi connectivity index (χ1v) is 14.2. The van der Waals surface area contributed by atoms with Crippen LogP contribution in [0.3, 0.4) is 0 Å². The second kappa shape index (κ2) is 11.9. The zero-order valence-electron chi connectivity index (χ0n) is 23.7. The molecule has 1 saturated carbocycles. The predicted molar refractivity (Wildman–Crippen MR) is 150 cm³/mol. The molecule has 210 valence electrons. The molecule has 8 heteroatoms. The van der Waals surface area contributed by atoms with Crippen molar-refractivity contribution in [3.8, 4) is 17.2 Å². The molecule has 0 unspecified atom stereocenters. The Morgan fingerprint density at radius 3 is 2.15 bits per heavy atom. The Bertz CT molecular complexity index is 1160. The number of piperazine rings is 1. The van der Waals surface area contributed by atoms with Gasteiger partial charge in [-0.25, -0.2) is 0 Å². The summed E-state index contributed by atoms with van der Waals surface area (Å²) in [4.78, 5) is 34.8. The lowest BCUT2D eigenvalue weighted by Gasteiger charge is -2.45. The topological polar surface area (TPSA) is 71.6 Å². The fraction of sp³-hybridized carbons (Fsp3) is 0.548. The largest absolute Gasteiger partial charge is 0.493 e. The minimum atomic E-state index is -0.536. The van der Waals surface area contributed by atoms with Gasteiger partial charge in [-0.1, -0.05) is 38.0 Å². The van der Waals surface area contributed by atoms with E-state index in [1.54, 1.807) is 21.3 Å². The van der Waals surface area contributed by atoms with Gasteiger partial charge in [0.2, 0.25) is 11.7 Å². The quantitative estimate of drug-likeness (QED) is 0.496. The molecule has 0 spiro atoms. The number of rotatable bonds is 8. The summed E-state index contributed by atoms with van der Waals surface area (Å²) in [7, 11) is 4.73. The van der Waals surface area contributed by atoms with Crippen molar-refractivity contribution in [2.45, 2.75) is 57.0 Å². The molecule has 1 saturated heterocycles. The molecule has 8 nitrogen and oxygen atoms in total. The molecule has 2 fully saturated rings. The fourth-order valence-corrected chi connectivity index (χ4v) is 6.76. The van der Waals surface area contributed by atoms with Crippen molar-refractivity contribution >= 4 is 11.8 Å². The zero-order valence-corrected chi connectivity index (χ0v) is 23.7. The molecule has 0 radical (unpaired) electrons. The number of nitrogens with zero attached hydrogens (tertiary/aromatic N) is 3. The maximum Gasteiger partial charge on any atom is 0.254 e. The third-order valence-corrected chi connectivity index (χ3v) is 8.66. The SMILES string of the molecule is CCCN1C(=O)c2ccccc2[C@@H](C(=O)N2CCN(C3CCCC3)CC2)[C@@H]1c1cc(OC)c(OC)c(OC)c1. The van der Waals surface area contributed by atoms with Gasteiger partial charge in [0, 0.05) is 44.3 Å². The van der Waals surface area contributed by atoms with Crippen LogP contribution in [0, 0.1) is 0 Å². The van der Waals surface area contributed by atoms with E-state index in [1.807, 2.05) is 46.2 Å². The molecule has 2 amide bonds. The van der Waals surface area contributed by atoms with Gasteiger partial charge in [-0.05, 0) is 48.6 Å². The zero-order chi connectivity index (χ0) is 27.5. The summed E-state index contributed by atoms with van der Waals surface area (Å²) in [5.41, 5.74) is 2.19. The highest BCUT2D eigenvalue weighted by atomic mass is 16.5. The van der Waals surface area contributed by atoms with Crippen molar-refractivity contribution in [2.75, 3.05) is 54.1 Å². The lowest BCUT2D eigenvalue weighted by Crippen LogP contribution is -2.54. The van der Waals surface area contributed by atoms with Crippen LogP contribution in [-0.2, 0) is 4.79 Å². The van der Waals surface area contributed by atoms with Gasteiger partial charge in [-0.2, -0.15) is 0 Å². The van der Waals surface area contributed by atoms with Crippen LogP contribution in [0.5, 0.6) is 17.2 Å². The van der Waals surface area contributed by atoms with E-state index in [9.17, 15) is 9.59 Å². The van der Waals surface area contributed by atoms with Crippen LogP contribution in [0.25, 0.3) is 0 Å². The van der Waals surface area contributed by atoms with E-state index in [0.29, 0.717) is 48.5 Å². The summed E-state index contributed by atoms with van der Waals surface area (Å²) < 4.78 is 16.9. The predicted octanol–water partition coefficient (Wildman–Crippen LogP) is 4.49. The maximum absolute atomic E-state index is 14.5. The lowest BCUT2D eigenvalue weighted by molar-refractivity contribution is -0.136. The minimum absolute atomic E-state index is 0.0543. The molecule has 2 atom stereocenters.